The zero-order chi connectivity index (χ0) is 27.8. The third kappa shape index (κ3) is 7.44. The van der Waals surface area contributed by atoms with Crippen molar-refractivity contribution in [3.8, 4) is 33.8 Å². The fourth-order valence-electron chi connectivity index (χ4n) is 3.89. The highest BCUT2D eigenvalue weighted by molar-refractivity contribution is 7.78. The van der Waals surface area contributed by atoms with Crippen LogP contribution in [0.4, 0.5) is 18.9 Å². The van der Waals surface area contributed by atoms with Crippen molar-refractivity contribution >= 4 is 23.1 Å². The number of thiocarbonyl (C=S) groups is 1. The number of benzene rings is 4. The predicted molar refractivity (Wildman–Crippen MR) is 152 cm³/mol. The summed E-state index contributed by atoms with van der Waals surface area (Å²) in [7, 11) is 0. The minimum absolute atomic E-state index is 0.00556. The van der Waals surface area contributed by atoms with E-state index in [1.54, 1.807) is 60.7 Å². The summed E-state index contributed by atoms with van der Waals surface area (Å²) in [4.78, 5) is 3.90. The monoisotopic (exact) mass is 545 g/mol. The van der Waals surface area contributed by atoms with Gasteiger partial charge in [0.05, 0.1) is 24.1 Å². The Hall–Kier alpha value is -4.19. The van der Waals surface area contributed by atoms with Crippen molar-refractivity contribution in [1.82, 2.24) is 0 Å². The standard InChI is InChI=1S/C32H26F3NO2S/c1-21(13-15-37-27-9-5-23(6-10-27)25-17-30(33)22(2)31(34)18-25)14-16-38-28-11-12-29(32(35)19-28)24-3-7-26(8-4-24)36-20-39/h3-12,17-19H,1,13-16H2,2H3. The van der Waals surface area contributed by atoms with Crippen LogP contribution in [-0.4, -0.2) is 18.4 Å². The van der Waals surface area contributed by atoms with Crippen LogP contribution in [0.1, 0.15) is 18.4 Å². The first-order valence-electron chi connectivity index (χ1n) is 12.3. The lowest BCUT2D eigenvalue weighted by Gasteiger charge is -2.11. The summed E-state index contributed by atoms with van der Waals surface area (Å²) < 4.78 is 53.9. The number of hydrogen-bond donors (Lipinski definition) is 0. The molecule has 0 N–H and O–H groups in total. The molecule has 198 valence electrons. The van der Waals surface area contributed by atoms with E-state index in [0.29, 0.717) is 59.9 Å². The van der Waals surface area contributed by atoms with Crippen molar-refractivity contribution in [3.05, 3.63) is 114 Å². The van der Waals surface area contributed by atoms with Crippen molar-refractivity contribution in [1.29, 1.82) is 0 Å². The molecule has 0 radical (unpaired) electrons. The van der Waals surface area contributed by atoms with Crippen LogP contribution in [0.3, 0.4) is 0 Å². The van der Waals surface area contributed by atoms with Gasteiger partial charge in [0.1, 0.15) is 29.0 Å². The summed E-state index contributed by atoms with van der Waals surface area (Å²) in [6, 6.07) is 21.5. The van der Waals surface area contributed by atoms with Gasteiger partial charge in [-0.05, 0) is 84.4 Å². The maximum Gasteiger partial charge on any atom is 0.134 e. The molecule has 4 aromatic rings. The van der Waals surface area contributed by atoms with Crippen molar-refractivity contribution in [2.45, 2.75) is 19.8 Å². The topological polar surface area (TPSA) is 30.8 Å². The minimum Gasteiger partial charge on any atom is -0.493 e. The number of hydrogen-bond acceptors (Lipinski definition) is 4. The Morgan fingerprint density at radius 1 is 0.744 bits per heavy atom. The zero-order valence-electron chi connectivity index (χ0n) is 21.3. The minimum atomic E-state index is -0.574. The number of nitrogens with zero attached hydrogens (tertiary/aromatic N) is 1. The second-order valence-corrected chi connectivity index (χ2v) is 9.11. The van der Waals surface area contributed by atoms with Crippen molar-refractivity contribution < 1.29 is 22.6 Å². The highest BCUT2D eigenvalue weighted by Crippen LogP contribution is 2.29. The first-order chi connectivity index (χ1) is 18.8. The van der Waals surface area contributed by atoms with Crippen LogP contribution in [0.2, 0.25) is 0 Å². The molecule has 0 spiro atoms. The van der Waals surface area contributed by atoms with Gasteiger partial charge in [-0.3, -0.25) is 0 Å². The highest BCUT2D eigenvalue weighted by Gasteiger charge is 2.09. The van der Waals surface area contributed by atoms with Gasteiger partial charge in [0.25, 0.3) is 0 Å². The highest BCUT2D eigenvalue weighted by atomic mass is 32.1. The molecule has 0 aliphatic heterocycles. The molecular formula is C32H26F3NO2S. The molecule has 7 heteroatoms. The van der Waals surface area contributed by atoms with Gasteiger partial charge in [-0.15, -0.1) is 0 Å². The SMILES string of the molecule is C=C(CCOc1ccc(-c2cc(F)c(C)c(F)c2)cc1)CCOc1ccc(-c2ccc(N=C=S)cc2)c(F)c1. The predicted octanol–water partition coefficient (Wildman–Crippen LogP) is 9.27. The lowest BCUT2D eigenvalue weighted by atomic mass is 10.0. The van der Waals surface area contributed by atoms with Crippen LogP contribution < -0.4 is 9.47 Å². The molecular weight excluding hydrogens is 519 g/mol. The molecule has 4 aromatic carbocycles. The summed E-state index contributed by atoms with van der Waals surface area (Å²) >= 11 is 4.59. The smallest absolute Gasteiger partial charge is 0.134 e. The second kappa shape index (κ2) is 13.1. The van der Waals surface area contributed by atoms with Gasteiger partial charge in [0.15, 0.2) is 0 Å². The second-order valence-electron chi connectivity index (χ2n) is 8.93. The van der Waals surface area contributed by atoms with Crippen LogP contribution in [-0.2, 0) is 0 Å². The fourth-order valence-corrected chi connectivity index (χ4v) is 4.00. The van der Waals surface area contributed by atoms with Gasteiger partial charge in [-0.2, -0.15) is 4.99 Å². The quantitative estimate of drug-likeness (QED) is 0.107. The summed E-state index contributed by atoms with van der Waals surface area (Å²) in [5, 5.41) is 2.30. The van der Waals surface area contributed by atoms with Gasteiger partial charge in [-0.1, -0.05) is 36.4 Å². The maximum absolute atomic E-state index is 14.7. The zero-order valence-corrected chi connectivity index (χ0v) is 22.2. The third-order valence-corrected chi connectivity index (χ3v) is 6.30. The molecule has 0 aliphatic carbocycles. The van der Waals surface area contributed by atoms with Crippen molar-refractivity contribution in [3.63, 3.8) is 0 Å². The van der Waals surface area contributed by atoms with E-state index in [1.807, 2.05) is 0 Å². The average molecular weight is 546 g/mol. The van der Waals surface area contributed by atoms with E-state index >= 15 is 0 Å². The Labute approximate surface area is 231 Å². The lowest BCUT2D eigenvalue weighted by Crippen LogP contribution is -2.03. The van der Waals surface area contributed by atoms with E-state index in [4.69, 9.17) is 9.47 Å². The largest absolute Gasteiger partial charge is 0.493 e. The molecule has 3 nitrogen and oxygen atoms in total. The van der Waals surface area contributed by atoms with Crippen LogP contribution in [0.5, 0.6) is 11.5 Å². The molecule has 0 unspecified atom stereocenters. The fraction of sp³-hybridized carbons (Fsp3) is 0.156. The van der Waals surface area contributed by atoms with E-state index in [0.717, 1.165) is 11.1 Å². The third-order valence-electron chi connectivity index (χ3n) is 6.21. The van der Waals surface area contributed by atoms with Crippen LogP contribution >= 0.6 is 12.2 Å². The lowest BCUT2D eigenvalue weighted by molar-refractivity contribution is 0.302. The molecule has 0 aromatic heterocycles. The number of isothiocyanates is 1. The normalized spacial score (nSPS) is 10.6. The molecule has 0 bridgehead atoms. The molecule has 0 fully saturated rings. The van der Waals surface area contributed by atoms with E-state index in [2.05, 4.69) is 29.0 Å². The maximum atomic E-state index is 14.7. The Bertz CT molecular complexity index is 1490. The molecule has 39 heavy (non-hydrogen) atoms. The van der Waals surface area contributed by atoms with Gasteiger partial charge in [0, 0.05) is 30.0 Å². The number of aliphatic imine (C=N–C) groups is 1. The summed E-state index contributed by atoms with van der Waals surface area (Å²) in [6.45, 7) is 6.25. The first-order valence-corrected chi connectivity index (χ1v) is 12.7. The van der Waals surface area contributed by atoms with Gasteiger partial charge in [0.2, 0.25) is 0 Å². The van der Waals surface area contributed by atoms with Gasteiger partial charge in [-0.25, -0.2) is 13.2 Å². The Balaban J connectivity index is 1.21. The van der Waals surface area contributed by atoms with E-state index in [-0.39, 0.29) is 11.4 Å². The van der Waals surface area contributed by atoms with Gasteiger partial charge < -0.3 is 9.47 Å². The number of halogens is 3. The number of ether oxygens (including phenoxy) is 2. The van der Waals surface area contributed by atoms with Crippen LogP contribution in [0.25, 0.3) is 22.3 Å². The molecule has 4 rings (SSSR count). The summed E-state index contributed by atoms with van der Waals surface area (Å²) in [6.07, 6.45) is 1.22. The molecule has 0 amide bonds. The summed E-state index contributed by atoms with van der Waals surface area (Å²) in [5.41, 5.74) is 3.96. The van der Waals surface area contributed by atoms with Crippen LogP contribution in [0, 0.1) is 24.4 Å². The number of rotatable bonds is 11. The molecule has 0 saturated carbocycles. The van der Waals surface area contributed by atoms with E-state index in [1.165, 1.54) is 25.1 Å². The van der Waals surface area contributed by atoms with Crippen molar-refractivity contribution in [2.24, 2.45) is 4.99 Å². The molecule has 0 saturated heterocycles. The Kier molecular flexibility index (Phi) is 9.31. The first kappa shape index (κ1) is 27.8. The van der Waals surface area contributed by atoms with Gasteiger partial charge >= 0.3 is 0 Å². The molecule has 0 aliphatic rings. The van der Waals surface area contributed by atoms with Crippen LogP contribution in [0.15, 0.2) is 96.0 Å². The Morgan fingerprint density at radius 3 is 1.90 bits per heavy atom. The Morgan fingerprint density at radius 2 is 1.31 bits per heavy atom. The molecule has 0 heterocycles. The average Bonchev–Trinajstić information content (AvgIpc) is 2.93. The molecule has 0 atom stereocenters. The van der Waals surface area contributed by atoms with E-state index < -0.39 is 11.6 Å². The van der Waals surface area contributed by atoms with E-state index in [9.17, 15) is 13.2 Å². The van der Waals surface area contributed by atoms with Crippen molar-refractivity contribution in [2.75, 3.05) is 13.2 Å². The summed E-state index contributed by atoms with van der Waals surface area (Å²) in [5.74, 6) is -0.442.